The first-order valence-corrected chi connectivity index (χ1v) is 10.3. The molecule has 0 unspecified atom stereocenters. The fraction of sp³-hybridized carbons (Fsp3) is 0.160. The molecule has 3 N–H and O–H groups in total. The molecule has 7 nitrogen and oxygen atoms in total. The molecule has 0 aliphatic heterocycles. The topological polar surface area (TPSA) is 96.5 Å². The maximum absolute atomic E-state index is 12.3. The van der Waals surface area contributed by atoms with Crippen LogP contribution in [0.2, 0.25) is 0 Å². The van der Waals surface area contributed by atoms with E-state index in [1.165, 1.54) is 5.56 Å². The van der Waals surface area contributed by atoms with Gasteiger partial charge in [0.25, 0.3) is 5.91 Å². The van der Waals surface area contributed by atoms with E-state index < -0.39 is 11.8 Å². The molecule has 0 aromatic heterocycles. The smallest absolute Gasteiger partial charge is 0.269 e. The van der Waals surface area contributed by atoms with E-state index in [0.29, 0.717) is 23.6 Å². The zero-order chi connectivity index (χ0) is 22.6. The number of carbonyl (C=O) groups excluding carboxylic acids is 3. The van der Waals surface area contributed by atoms with Crippen molar-refractivity contribution < 1.29 is 19.1 Å². The van der Waals surface area contributed by atoms with Gasteiger partial charge in [0, 0.05) is 30.5 Å². The zero-order valence-corrected chi connectivity index (χ0v) is 17.5. The standard InChI is InChI=1S/C25H25N3O4/c29-23(26-21-11-5-2-6-12-21)14-15-24(30)27-28-25(31)20-10-7-13-22(18-20)32-17-16-19-8-3-1-4-9-19/h1-13,18H,14-17H2,(H,26,29)(H,27,30)(H,28,31). The van der Waals surface area contributed by atoms with E-state index >= 15 is 0 Å². The Morgan fingerprint density at radius 2 is 1.41 bits per heavy atom. The summed E-state index contributed by atoms with van der Waals surface area (Å²) in [4.78, 5) is 36.2. The van der Waals surface area contributed by atoms with Gasteiger partial charge < -0.3 is 10.1 Å². The molecule has 7 heteroatoms. The van der Waals surface area contributed by atoms with Crippen molar-refractivity contribution >= 4 is 23.4 Å². The predicted molar refractivity (Wildman–Crippen MR) is 122 cm³/mol. The summed E-state index contributed by atoms with van der Waals surface area (Å²) >= 11 is 0. The van der Waals surface area contributed by atoms with Gasteiger partial charge in [-0.05, 0) is 35.9 Å². The van der Waals surface area contributed by atoms with Crippen molar-refractivity contribution in [1.29, 1.82) is 0 Å². The second-order valence-corrected chi connectivity index (χ2v) is 7.03. The first-order chi connectivity index (χ1) is 15.6. The average Bonchev–Trinajstić information content (AvgIpc) is 2.83. The minimum Gasteiger partial charge on any atom is -0.493 e. The molecule has 0 aliphatic rings. The molecule has 0 bridgehead atoms. The maximum Gasteiger partial charge on any atom is 0.269 e. The quantitative estimate of drug-likeness (QED) is 0.452. The van der Waals surface area contributed by atoms with E-state index in [0.717, 1.165) is 6.42 Å². The highest BCUT2D eigenvalue weighted by Gasteiger charge is 2.10. The Balaban J connectivity index is 1.38. The van der Waals surface area contributed by atoms with Crippen LogP contribution in [0, 0.1) is 0 Å². The number of anilines is 1. The Hall–Kier alpha value is -4.13. The molecule has 32 heavy (non-hydrogen) atoms. The highest BCUT2D eigenvalue weighted by molar-refractivity contribution is 5.96. The van der Waals surface area contributed by atoms with Crippen LogP contribution in [0.3, 0.4) is 0 Å². The molecule has 0 heterocycles. The number of ether oxygens (including phenoxy) is 1. The van der Waals surface area contributed by atoms with E-state index in [9.17, 15) is 14.4 Å². The van der Waals surface area contributed by atoms with Crippen molar-refractivity contribution in [3.8, 4) is 5.75 Å². The molecule has 0 spiro atoms. The van der Waals surface area contributed by atoms with Crippen LogP contribution in [0.25, 0.3) is 0 Å². The Labute approximate surface area is 186 Å². The van der Waals surface area contributed by atoms with Crippen LogP contribution in [0.5, 0.6) is 5.75 Å². The summed E-state index contributed by atoms with van der Waals surface area (Å²) in [6.45, 7) is 0.483. The number of rotatable bonds is 9. The highest BCUT2D eigenvalue weighted by atomic mass is 16.5. The Morgan fingerprint density at radius 1 is 0.719 bits per heavy atom. The summed E-state index contributed by atoms with van der Waals surface area (Å²) < 4.78 is 5.73. The lowest BCUT2D eigenvalue weighted by atomic mass is 10.2. The molecule has 0 fully saturated rings. The molecule has 0 saturated carbocycles. The van der Waals surface area contributed by atoms with Crippen LogP contribution in [0.1, 0.15) is 28.8 Å². The van der Waals surface area contributed by atoms with Gasteiger partial charge in [0.2, 0.25) is 11.8 Å². The van der Waals surface area contributed by atoms with Crippen LogP contribution in [-0.4, -0.2) is 24.3 Å². The van der Waals surface area contributed by atoms with E-state index in [4.69, 9.17) is 4.74 Å². The molecule has 3 rings (SSSR count). The lowest BCUT2D eigenvalue weighted by molar-refractivity contribution is -0.124. The monoisotopic (exact) mass is 431 g/mol. The largest absolute Gasteiger partial charge is 0.493 e. The maximum atomic E-state index is 12.3. The van der Waals surface area contributed by atoms with Crippen molar-refractivity contribution in [3.63, 3.8) is 0 Å². The second-order valence-electron chi connectivity index (χ2n) is 7.03. The number of carbonyl (C=O) groups is 3. The fourth-order valence-corrected chi connectivity index (χ4v) is 2.89. The Morgan fingerprint density at radius 3 is 2.16 bits per heavy atom. The highest BCUT2D eigenvalue weighted by Crippen LogP contribution is 2.14. The normalized spacial score (nSPS) is 10.1. The molecule has 3 aromatic carbocycles. The van der Waals surface area contributed by atoms with Gasteiger partial charge in [0.05, 0.1) is 6.61 Å². The lowest BCUT2D eigenvalue weighted by Gasteiger charge is -2.10. The summed E-state index contributed by atoms with van der Waals surface area (Å²) in [6, 6.07) is 25.7. The number of nitrogens with one attached hydrogen (secondary N) is 3. The summed E-state index contributed by atoms with van der Waals surface area (Å²) in [5.74, 6) is -0.645. The minimum absolute atomic E-state index is 0.00133. The minimum atomic E-state index is -0.472. The summed E-state index contributed by atoms with van der Waals surface area (Å²) in [5, 5.41) is 2.70. The molecule has 3 aromatic rings. The number of benzene rings is 3. The number of hydrogen-bond donors (Lipinski definition) is 3. The van der Waals surface area contributed by atoms with E-state index in [1.54, 1.807) is 48.5 Å². The molecular formula is C25H25N3O4. The van der Waals surface area contributed by atoms with Crippen molar-refractivity contribution in [2.24, 2.45) is 0 Å². The molecular weight excluding hydrogens is 406 g/mol. The van der Waals surface area contributed by atoms with Crippen LogP contribution in [0.15, 0.2) is 84.9 Å². The second kappa shape index (κ2) is 11.9. The Bertz CT molecular complexity index is 1040. The van der Waals surface area contributed by atoms with Crippen molar-refractivity contribution in [3.05, 3.63) is 96.1 Å². The molecule has 0 atom stereocenters. The van der Waals surface area contributed by atoms with Crippen molar-refractivity contribution in [1.82, 2.24) is 10.9 Å². The third-order valence-corrected chi connectivity index (χ3v) is 4.55. The molecule has 164 valence electrons. The molecule has 0 radical (unpaired) electrons. The van der Waals surface area contributed by atoms with Gasteiger partial charge in [-0.15, -0.1) is 0 Å². The van der Waals surface area contributed by atoms with Crippen LogP contribution < -0.4 is 20.9 Å². The lowest BCUT2D eigenvalue weighted by Crippen LogP contribution is -2.41. The molecule has 0 aliphatic carbocycles. The van der Waals surface area contributed by atoms with Crippen molar-refractivity contribution in [2.45, 2.75) is 19.3 Å². The van der Waals surface area contributed by atoms with Gasteiger partial charge in [-0.2, -0.15) is 0 Å². The number of para-hydroxylation sites is 1. The fourth-order valence-electron chi connectivity index (χ4n) is 2.89. The first-order valence-electron chi connectivity index (χ1n) is 10.3. The third kappa shape index (κ3) is 7.60. The van der Waals surface area contributed by atoms with E-state index in [2.05, 4.69) is 16.2 Å². The Kier molecular flexibility index (Phi) is 8.39. The first kappa shape index (κ1) is 22.6. The van der Waals surface area contributed by atoms with Gasteiger partial charge in [-0.3, -0.25) is 25.2 Å². The van der Waals surface area contributed by atoms with Crippen LogP contribution in [-0.2, 0) is 16.0 Å². The molecule has 3 amide bonds. The third-order valence-electron chi connectivity index (χ3n) is 4.55. The van der Waals surface area contributed by atoms with Gasteiger partial charge in [-0.1, -0.05) is 54.6 Å². The summed E-state index contributed by atoms with van der Waals surface area (Å²) in [6.07, 6.45) is 0.702. The number of hydrazine groups is 1. The molecule has 0 saturated heterocycles. The van der Waals surface area contributed by atoms with Crippen molar-refractivity contribution in [2.75, 3.05) is 11.9 Å². The zero-order valence-electron chi connectivity index (χ0n) is 17.5. The average molecular weight is 431 g/mol. The summed E-state index contributed by atoms with van der Waals surface area (Å²) in [5.41, 5.74) is 6.86. The van der Waals surface area contributed by atoms with E-state index in [1.807, 2.05) is 36.4 Å². The van der Waals surface area contributed by atoms with Gasteiger partial charge in [0.15, 0.2) is 0 Å². The van der Waals surface area contributed by atoms with Gasteiger partial charge in [-0.25, -0.2) is 0 Å². The van der Waals surface area contributed by atoms with E-state index in [-0.39, 0.29) is 18.7 Å². The van der Waals surface area contributed by atoms with Gasteiger partial charge in [0.1, 0.15) is 5.75 Å². The number of hydrogen-bond acceptors (Lipinski definition) is 4. The summed E-state index contributed by atoms with van der Waals surface area (Å²) in [7, 11) is 0. The predicted octanol–water partition coefficient (Wildman–Crippen LogP) is 3.49. The SMILES string of the molecule is O=C(CCC(=O)Nc1ccccc1)NNC(=O)c1cccc(OCCc2ccccc2)c1. The van der Waals surface area contributed by atoms with Gasteiger partial charge >= 0.3 is 0 Å². The van der Waals surface area contributed by atoms with Crippen LogP contribution in [0.4, 0.5) is 5.69 Å². The number of amides is 3. The van der Waals surface area contributed by atoms with Crippen LogP contribution >= 0.6 is 0 Å².